The highest BCUT2D eigenvalue weighted by Gasteiger charge is 1.82. The van der Waals surface area contributed by atoms with E-state index in [0.717, 1.165) is 0 Å². The lowest BCUT2D eigenvalue weighted by Gasteiger charge is -2.06. The first-order valence-corrected chi connectivity index (χ1v) is 2.54. The van der Waals surface area contributed by atoms with Gasteiger partial charge in [0.05, 0.1) is 12.1 Å². The second-order valence-corrected chi connectivity index (χ2v) is 1.49. The second-order valence-electron chi connectivity index (χ2n) is 0.881. The first-order valence-electron chi connectivity index (χ1n) is 1.72. The fourth-order valence-electron chi connectivity index (χ4n) is 0.109. The van der Waals surface area contributed by atoms with Crippen LogP contribution in [0.25, 0.3) is 0 Å². The van der Waals surface area contributed by atoms with Crippen LogP contribution < -0.4 is 19.7 Å². The Bertz CT molecular complexity index is 112. The number of hydrogen-bond acceptors (Lipinski definition) is 5. The number of carboxylic acid groups (broad SMARTS) is 2. The summed E-state index contributed by atoms with van der Waals surface area (Å²) in [5, 5.41) is 19.0. The summed E-state index contributed by atoms with van der Waals surface area (Å²) in [6.07, 6.45) is -3.15. The van der Waals surface area contributed by atoms with Gasteiger partial charge < -0.3 is 19.8 Å². The average Bonchev–Trinajstić information content (AvgIpc) is 1.63. The minimum absolute atomic E-state index is 0.245. The molecule has 0 aliphatic rings. The molecular weight excluding hydrogens is 148 g/mol. The molecule has 0 rings (SSSR count). The predicted octanol–water partition coefficient (Wildman–Crippen LogP) is -2.58. The van der Waals surface area contributed by atoms with E-state index in [0.29, 0.717) is 0 Å². The van der Waals surface area contributed by atoms with Crippen LogP contribution in [-0.2, 0) is 0 Å². The maximum atomic E-state index is 9.48. The SMILES string of the molecule is O=C([O-])NSNC(=O)[O-]. The van der Waals surface area contributed by atoms with Crippen molar-refractivity contribution in [3.63, 3.8) is 0 Å². The van der Waals surface area contributed by atoms with E-state index < -0.39 is 12.2 Å². The van der Waals surface area contributed by atoms with E-state index in [4.69, 9.17) is 0 Å². The van der Waals surface area contributed by atoms with Crippen molar-refractivity contribution >= 4 is 24.3 Å². The highest BCUT2D eigenvalue weighted by atomic mass is 32.2. The molecule has 0 radical (unpaired) electrons. The molecular formula is C2H2N2O4S-2. The molecule has 2 N–H and O–H groups in total. The van der Waals surface area contributed by atoms with Crippen molar-refractivity contribution in [1.29, 1.82) is 0 Å². The van der Waals surface area contributed by atoms with Gasteiger partial charge in [0.1, 0.15) is 12.2 Å². The number of nitrogens with one attached hydrogen (secondary N) is 2. The van der Waals surface area contributed by atoms with Crippen molar-refractivity contribution < 1.29 is 19.8 Å². The second kappa shape index (κ2) is 3.84. The summed E-state index contributed by atoms with van der Waals surface area (Å²) in [4.78, 5) is 19.0. The molecule has 0 bridgehead atoms. The largest absolute Gasteiger partial charge is 0.529 e. The quantitative estimate of drug-likeness (QED) is 0.420. The molecule has 0 aliphatic heterocycles. The molecule has 6 nitrogen and oxygen atoms in total. The van der Waals surface area contributed by atoms with Crippen molar-refractivity contribution in [3.05, 3.63) is 0 Å². The van der Waals surface area contributed by atoms with Crippen LogP contribution in [-0.4, -0.2) is 12.2 Å². The van der Waals surface area contributed by atoms with Crippen LogP contribution in [0.5, 0.6) is 0 Å². The van der Waals surface area contributed by atoms with Gasteiger partial charge in [-0.3, -0.25) is 9.44 Å². The molecule has 0 unspecified atom stereocenters. The average molecular weight is 150 g/mol. The van der Waals surface area contributed by atoms with Gasteiger partial charge in [0, 0.05) is 0 Å². The van der Waals surface area contributed by atoms with E-state index in [2.05, 4.69) is 0 Å². The normalized spacial score (nSPS) is 8.00. The van der Waals surface area contributed by atoms with E-state index in [1.807, 2.05) is 0 Å². The third-order valence-corrected chi connectivity index (χ3v) is 0.806. The molecule has 52 valence electrons. The molecule has 0 aliphatic carbocycles. The van der Waals surface area contributed by atoms with Gasteiger partial charge in [-0.15, -0.1) is 0 Å². The number of rotatable bonds is 2. The van der Waals surface area contributed by atoms with Gasteiger partial charge in [-0.25, -0.2) is 0 Å². The van der Waals surface area contributed by atoms with Crippen molar-refractivity contribution in [2.24, 2.45) is 0 Å². The van der Waals surface area contributed by atoms with E-state index in [-0.39, 0.29) is 12.1 Å². The van der Waals surface area contributed by atoms with Gasteiger partial charge in [-0.05, 0) is 0 Å². The first-order chi connectivity index (χ1) is 4.13. The Labute approximate surface area is 54.5 Å². The maximum Gasteiger partial charge on any atom is 0.146 e. The lowest BCUT2D eigenvalue weighted by Crippen LogP contribution is -2.38. The number of amides is 2. The van der Waals surface area contributed by atoms with Crippen molar-refractivity contribution in [2.45, 2.75) is 0 Å². The molecule has 7 heteroatoms. The summed E-state index contributed by atoms with van der Waals surface area (Å²) in [7, 11) is 0. The highest BCUT2D eigenvalue weighted by molar-refractivity contribution is 7.96. The number of hydrogen-bond donors (Lipinski definition) is 2. The van der Waals surface area contributed by atoms with Crippen LogP contribution in [0.1, 0.15) is 0 Å². The highest BCUT2D eigenvalue weighted by Crippen LogP contribution is 1.79. The number of carbonyl (C=O) groups is 2. The third-order valence-electron chi connectivity index (χ3n) is 0.269. The number of carbonyl (C=O) groups excluding carboxylic acids is 2. The van der Waals surface area contributed by atoms with E-state index in [1.165, 1.54) is 0 Å². The molecule has 0 saturated carbocycles. The van der Waals surface area contributed by atoms with Crippen molar-refractivity contribution in [2.75, 3.05) is 0 Å². The fraction of sp³-hybridized carbons (Fsp3) is 0. The Morgan fingerprint density at radius 2 is 1.44 bits per heavy atom. The fourth-order valence-corrected chi connectivity index (χ4v) is 0.327. The van der Waals surface area contributed by atoms with Crippen LogP contribution >= 0.6 is 12.1 Å². The van der Waals surface area contributed by atoms with E-state index in [1.54, 1.807) is 9.44 Å². The van der Waals surface area contributed by atoms with Crippen molar-refractivity contribution in [1.82, 2.24) is 9.44 Å². The summed E-state index contributed by atoms with van der Waals surface area (Å²) in [5.41, 5.74) is 0. The van der Waals surface area contributed by atoms with Crippen LogP contribution in [0, 0.1) is 0 Å². The van der Waals surface area contributed by atoms with Gasteiger partial charge in [-0.1, -0.05) is 0 Å². The smallest absolute Gasteiger partial charge is 0.146 e. The lowest BCUT2D eigenvalue weighted by atomic mass is 11.3. The Morgan fingerprint density at radius 3 is 1.67 bits per heavy atom. The van der Waals surface area contributed by atoms with Gasteiger partial charge in [-0.2, -0.15) is 0 Å². The van der Waals surface area contributed by atoms with Crippen LogP contribution in [0.3, 0.4) is 0 Å². The zero-order valence-corrected chi connectivity index (χ0v) is 4.86. The standard InChI is InChI=1S/C2H4N2O4S/c5-1(6)3-9-4-2(7)8/h3-4H,(H,5,6)(H,7,8)/p-2. The molecule has 0 atom stereocenters. The summed E-state index contributed by atoms with van der Waals surface area (Å²) < 4.78 is 3.13. The molecule has 0 fully saturated rings. The molecule has 0 saturated heterocycles. The summed E-state index contributed by atoms with van der Waals surface area (Å²) in [6, 6.07) is 0. The van der Waals surface area contributed by atoms with E-state index >= 15 is 0 Å². The van der Waals surface area contributed by atoms with Gasteiger partial charge >= 0.3 is 0 Å². The summed E-state index contributed by atoms with van der Waals surface area (Å²) in [5.74, 6) is 0. The molecule has 0 spiro atoms. The van der Waals surface area contributed by atoms with E-state index in [9.17, 15) is 19.8 Å². The van der Waals surface area contributed by atoms with Crippen molar-refractivity contribution in [3.8, 4) is 0 Å². The minimum atomic E-state index is -1.58. The predicted molar refractivity (Wildman–Crippen MR) is 24.7 cm³/mol. The molecule has 0 aromatic heterocycles. The topological polar surface area (TPSA) is 104 Å². The van der Waals surface area contributed by atoms with Gasteiger partial charge in [0.2, 0.25) is 0 Å². The van der Waals surface area contributed by atoms with Crippen LogP contribution in [0.2, 0.25) is 0 Å². The zero-order chi connectivity index (χ0) is 7.28. The first kappa shape index (κ1) is 7.89. The third kappa shape index (κ3) is 6.89. The Balaban J connectivity index is 3.10. The molecule has 2 amide bonds. The van der Waals surface area contributed by atoms with Gasteiger partial charge in [0.15, 0.2) is 0 Å². The molecule has 0 heterocycles. The minimum Gasteiger partial charge on any atom is -0.529 e. The molecule has 9 heavy (non-hydrogen) atoms. The summed E-state index contributed by atoms with van der Waals surface area (Å²) >= 11 is 0.245. The van der Waals surface area contributed by atoms with Crippen LogP contribution in [0.4, 0.5) is 9.59 Å². The lowest BCUT2D eigenvalue weighted by molar-refractivity contribution is -0.247. The summed E-state index contributed by atoms with van der Waals surface area (Å²) in [6.45, 7) is 0. The molecule has 0 aromatic rings. The Kier molecular flexibility index (Phi) is 3.37. The maximum absolute atomic E-state index is 9.48. The Morgan fingerprint density at radius 1 is 1.11 bits per heavy atom. The van der Waals surface area contributed by atoms with Crippen LogP contribution in [0.15, 0.2) is 0 Å². The zero-order valence-electron chi connectivity index (χ0n) is 4.04. The Hall–Kier alpha value is -1.11. The molecule has 0 aromatic carbocycles. The van der Waals surface area contributed by atoms with Gasteiger partial charge in [0.25, 0.3) is 0 Å². The monoisotopic (exact) mass is 150 g/mol.